The van der Waals surface area contributed by atoms with Crippen molar-refractivity contribution in [1.82, 2.24) is 0 Å². The number of ether oxygens (including phenoxy) is 2. The van der Waals surface area contributed by atoms with Crippen LogP contribution in [0.25, 0.3) is 0 Å². The van der Waals surface area contributed by atoms with Crippen LogP contribution in [0.15, 0.2) is 0 Å². The molecule has 0 atom stereocenters. The third-order valence-corrected chi connectivity index (χ3v) is 3.10. The Labute approximate surface area is 126 Å². The Morgan fingerprint density at radius 3 is 1.25 bits per heavy atom. The Balaban J connectivity index is -0.000000320. The van der Waals surface area contributed by atoms with Gasteiger partial charge in [0.05, 0.1) is 24.0 Å². The Hall–Kier alpha value is -1.06. The van der Waals surface area contributed by atoms with Crippen molar-refractivity contribution in [3.63, 3.8) is 0 Å². The predicted molar refractivity (Wildman–Crippen MR) is 85.6 cm³/mol. The molecule has 0 aliphatic heterocycles. The summed E-state index contributed by atoms with van der Waals surface area (Å²) >= 11 is 0. The van der Waals surface area contributed by atoms with E-state index in [1.54, 1.807) is 13.8 Å². The fourth-order valence-corrected chi connectivity index (χ4v) is 2.57. The van der Waals surface area contributed by atoms with Gasteiger partial charge in [0.2, 0.25) is 0 Å². The number of carbonyl (C=O) groups is 2. The lowest BCUT2D eigenvalue weighted by Crippen LogP contribution is -2.53. The SMILES string of the molecule is C.C.C.C.CCOC(=O)C1(C)CC(C)(C(=O)OCC)C1. The average Bonchev–Trinajstić information content (AvgIpc) is 2.16. The van der Waals surface area contributed by atoms with Crippen molar-refractivity contribution in [2.24, 2.45) is 10.8 Å². The maximum Gasteiger partial charge on any atom is 0.311 e. The van der Waals surface area contributed by atoms with Crippen molar-refractivity contribution in [3.05, 3.63) is 0 Å². The molecule has 1 rings (SSSR count). The molecule has 20 heavy (non-hydrogen) atoms. The van der Waals surface area contributed by atoms with Crippen molar-refractivity contribution in [2.45, 2.75) is 70.2 Å². The van der Waals surface area contributed by atoms with Crippen molar-refractivity contribution >= 4 is 11.9 Å². The molecule has 1 aliphatic carbocycles. The number of hydrogen-bond donors (Lipinski definition) is 0. The molecule has 1 aliphatic rings. The highest BCUT2D eigenvalue weighted by Gasteiger charge is 2.58. The third-order valence-electron chi connectivity index (χ3n) is 3.10. The molecule has 0 aromatic rings. The summed E-state index contributed by atoms with van der Waals surface area (Å²) in [6.45, 7) is 8.00. The number of hydrogen-bond acceptors (Lipinski definition) is 4. The van der Waals surface area contributed by atoms with Crippen LogP contribution in [0.4, 0.5) is 0 Å². The molecule has 0 heterocycles. The van der Waals surface area contributed by atoms with Gasteiger partial charge in [0.1, 0.15) is 0 Å². The first kappa shape index (κ1) is 27.3. The lowest BCUT2D eigenvalue weighted by Gasteiger charge is -2.48. The maximum absolute atomic E-state index is 11.6. The zero-order chi connectivity index (χ0) is 12.4. The molecule has 0 spiro atoms. The van der Waals surface area contributed by atoms with Crippen molar-refractivity contribution in [2.75, 3.05) is 13.2 Å². The fourth-order valence-electron chi connectivity index (χ4n) is 2.57. The van der Waals surface area contributed by atoms with Crippen LogP contribution < -0.4 is 0 Å². The maximum atomic E-state index is 11.6. The fraction of sp³-hybridized carbons (Fsp3) is 0.875. The summed E-state index contributed by atoms with van der Waals surface area (Å²) in [5, 5.41) is 0. The average molecular weight is 292 g/mol. The molecule has 0 aromatic heterocycles. The number of carbonyl (C=O) groups excluding carboxylic acids is 2. The van der Waals surface area contributed by atoms with E-state index in [-0.39, 0.29) is 41.6 Å². The van der Waals surface area contributed by atoms with Gasteiger partial charge in [-0.25, -0.2) is 0 Å². The van der Waals surface area contributed by atoms with Crippen molar-refractivity contribution < 1.29 is 19.1 Å². The molecular weight excluding hydrogens is 256 g/mol. The number of esters is 2. The normalized spacial score (nSPS) is 26.2. The molecule has 0 bridgehead atoms. The van der Waals surface area contributed by atoms with Crippen LogP contribution in [0.5, 0.6) is 0 Å². The topological polar surface area (TPSA) is 52.6 Å². The van der Waals surface area contributed by atoms with Crippen LogP contribution in [-0.4, -0.2) is 25.2 Å². The van der Waals surface area contributed by atoms with Gasteiger partial charge in [0, 0.05) is 0 Å². The van der Waals surface area contributed by atoms with Crippen LogP contribution in [0.3, 0.4) is 0 Å². The molecule has 1 saturated carbocycles. The molecule has 4 nitrogen and oxygen atoms in total. The second-order valence-electron chi connectivity index (χ2n) is 4.92. The van der Waals surface area contributed by atoms with Gasteiger partial charge in [-0.05, 0) is 40.5 Å². The second-order valence-corrected chi connectivity index (χ2v) is 4.92. The molecule has 0 radical (unpaired) electrons. The van der Waals surface area contributed by atoms with E-state index in [1.807, 2.05) is 13.8 Å². The largest absolute Gasteiger partial charge is 0.466 e. The molecule has 4 heteroatoms. The molecule has 1 fully saturated rings. The van der Waals surface area contributed by atoms with Crippen LogP contribution in [0, 0.1) is 10.8 Å². The summed E-state index contributed by atoms with van der Waals surface area (Å²) < 4.78 is 9.98. The van der Waals surface area contributed by atoms with Gasteiger partial charge in [0.15, 0.2) is 0 Å². The van der Waals surface area contributed by atoms with E-state index >= 15 is 0 Å². The summed E-state index contributed by atoms with van der Waals surface area (Å²) in [7, 11) is 0. The lowest BCUT2D eigenvalue weighted by atomic mass is 9.54. The molecule has 0 saturated heterocycles. The van der Waals surface area contributed by atoms with Gasteiger partial charge >= 0.3 is 11.9 Å². The quantitative estimate of drug-likeness (QED) is 0.718. The third kappa shape index (κ3) is 5.14. The highest BCUT2D eigenvalue weighted by molar-refractivity contribution is 5.85. The smallest absolute Gasteiger partial charge is 0.311 e. The highest BCUT2D eigenvalue weighted by atomic mass is 16.5. The van der Waals surface area contributed by atoms with E-state index < -0.39 is 10.8 Å². The van der Waals surface area contributed by atoms with Crippen LogP contribution in [0.2, 0.25) is 0 Å². The minimum Gasteiger partial charge on any atom is -0.466 e. The van der Waals surface area contributed by atoms with Gasteiger partial charge in [0.25, 0.3) is 0 Å². The van der Waals surface area contributed by atoms with Gasteiger partial charge in [-0.2, -0.15) is 0 Å². The van der Waals surface area contributed by atoms with E-state index in [0.717, 1.165) is 0 Å². The first-order chi connectivity index (χ1) is 7.38. The van der Waals surface area contributed by atoms with Crippen molar-refractivity contribution in [1.29, 1.82) is 0 Å². The predicted octanol–water partition coefficient (Wildman–Crippen LogP) is 4.46. The summed E-state index contributed by atoms with van der Waals surface area (Å²) in [5.74, 6) is -0.423. The molecular formula is C16H36O4. The Bertz CT molecular complexity index is 263. The number of rotatable bonds is 4. The second kappa shape index (κ2) is 9.78. The van der Waals surface area contributed by atoms with Crippen LogP contribution >= 0.6 is 0 Å². The van der Waals surface area contributed by atoms with Crippen LogP contribution in [-0.2, 0) is 19.1 Å². The molecule has 0 aromatic carbocycles. The Morgan fingerprint density at radius 1 is 0.800 bits per heavy atom. The van der Waals surface area contributed by atoms with Gasteiger partial charge < -0.3 is 9.47 Å². The summed E-state index contributed by atoms with van der Waals surface area (Å²) in [4.78, 5) is 23.3. The minimum atomic E-state index is -0.516. The van der Waals surface area contributed by atoms with E-state index in [4.69, 9.17) is 9.47 Å². The van der Waals surface area contributed by atoms with Crippen molar-refractivity contribution in [3.8, 4) is 0 Å². The van der Waals surface area contributed by atoms with E-state index in [9.17, 15) is 9.59 Å². The highest BCUT2D eigenvalue weighted by Crippen LogP contribution is 2.55. The van der Waals surface area contributed by atoms with Gasteiger partial charge in [-0.1, -0.05) is 29.7 Å². The molecule has 0 unspecified atom stereocenters. The van der Waals surface area contributed by atoms with Gasteiger partial charge in [-0.15, -0.1) is 0 Å². The first-order valence-corrected chi connectivity index (χ1v) is 5.72. The standard InChI is InChI=1S/C12H20O4.4CH4/c1-5-15-9(13)11(3)7-12(4,8-11)10(14)16-6-2;;;;/h5-8H2,1-4H3;4*1H4. The zero-order valence-corrected chi connectivity index (χ0v) is 10.5. The lowest BCUT2D eigenvalue weighted by molar-refractivity contribution is -0.182. The Morgan fingerprint density at radius 2 is 1.05 bits per heavy atom. The van der Waals surface area contributed by atoms with Gasteiger partial charge in [-0.3, -0.25) is 9.59 Å². The van der Waals surface area contributed by atoms with E-state index in [2.05, 4.69) is 0 Å². The Kier molecular flexibility index (Phi) is 13.4. The summed E-state index contributed by atoms with van der Waals surface area (Å²) in [6.07, 6.45) is 1.02. The van der Waals surface area contributed by atoms with E-state index in [1.165, 1.54) is 0 Å². The minimum absolute atomic E-state index is 0. The molecule has 0 amide bonds. The molecule has 0 N–H and O–H groups in total. The zero-order valence-electron chi connectivity index (χ0n) is 10.5. The first-order valence-electron chi connectivity index (χ1n) is 5.72. The monoisotopic (exact) mass is 292 g/mol. The summed E-state index contributed by atoms with van der Waals surface area (Å²) in [5.41, 5.74) is -1.03. The van der Waals surface area contributed by atoms with E-state index in [0.29, 0.717) is 26.1 Å². The summed E-state index contributed by atoms with van der Waals surface area (Å²) in [6, 6.07) is 0. The molecule has 124 valence electrons. The van der Waals surface area contributed by atoms with Crippen LogP contribution in [0.1, 0.15) is 70.2 Å².